The first-order valence-corrected chi connectivity index (χ1v) is 8.82. The fraction of sp³-hybridized carbons (Fsp3) is 0.278. The van der Waals surface area contributed by atoms with Crippen molar-refractivity contribution in [3.8, 4) is 23.0 Å². The zero-order chi connectivity index (χ0) is 20.4. The summed E-state index contributed by atoms with van der Waals surface area (Å²) < 4.78 is 59.5. The van der Waals surface area contributed by atoms with Gasteiger partial charge in [-0.2, -0.15) is 18.2 Å². The minimum Gasteiger partial charge on any atom is -0.438 e. The zero-order valence-electron chi connectivity index (χ0n) is 14.6. The van der Waals surface area contributed by atoms with Gasteiger partial charge in [-0.3, -0.25) is 0 Å². The molecule has 29 heavy (non-hydrogen) atoms. The smallest absolute Gasteiger partial charge is 0.417 e. The molecule has 0 saturated carbocycles. The molecule has 3 heterocycles. The number of halogens is 4. The molecule has 152 valence electrons. The topological polar surface area (TPSA) is 79.5 Å². The molecule has 11 heteroatoms. The van der Waals surface area contributed by atoms with Crippen molar-refractivity contribution in [2.24, 2.45) is 0 Å². The fourth-order valence-electron chi connectivity index (χ4n) is 2.55. The van der Waals surface area contributed by atoms with E-state index in [1.54, 1.807) is 24.3 Å². The van der Waals surface area contributed by atoms with Crippen LogP contribution in [0.2, 0.25) is 5.02 Å². The average Bonchev–Trinajstić information content (AvgIpc) is 3.20. The molecule has 1 atom stereocenters. The second-order valence-corrected chi connectivity index (χ2v) is 6.43. The van der Waals surface area contributed by atoms with Crippen LogP contribution < -0.4 is 4.74 Å². The number of pyridine rings is 1. The molecule has 2 aromatic heterocycles. The normalized spacial score (nSPS) is 17.3. The highest BCUT2D eigenvalue weighted by Gasteiger charge is 2.32. The number of alkyl halides is 3. The number of hydrogen-bond donors (Lipinski definition) is 0. The van der Waals surface area contributed by atoms with Crippen LogP contribution in [0.3, 0.4) is 0 Å². The summed E-state index contributed by atoms with van der Waals surface area (Å²) >= 11 is 5.85. The van der Waals surface area contributed by atoms with Gasteiger partial charge in [-0.25, -0.2) is 4.98 Å². The Morgan fingerprint density at radius 1 is 1.14 bits per heavy atom. The van der Waals surface area contributed by atoms with Gasteiger partial charge in [0.25, 0.3) is 5.89 Å². The van der Waals surface area contributed by atoms with Crippen LogP contribution in [0.15, 0.2) is 41.1 Å². The summed E-state index contributed by atoms with van der Waals surface area (Å²) in [6, 6.07) is 7.26. The zero-order valence-corrected chi connectivity index (χ0v) is 15.4. The van der Waals surface area contributed by atoms with Gasteiger partial charge in [0.15, 0.2) is 6.10 Å². The third-order valence-electron chi connectivity index (χ3n) is 3.99. The minimum atomic E-state index is -4.53. The molecule has 0 radical (unpaired) electrons. The van der Waals surface area contributed by atoms with E-state index in [1.807, 2.05) is 0 Å². The predicted octanol–water partition coefficient (Wildman–Crippen LogP) is 4.68. The lowest BCUT2D eigenvalue weighted by atomic mass is 10.2. The van der Waals surface area contributed by atoms with Crippen molar-refractivity contribution < 1.29 is 31.9 Å². The van der Waals surface area contributed by atoms with Gasteiger partial charge in [0.05, 0.1) is 25.4 Å². The number of rotatable bonds is 4. The van der Waals surface area contributed by atoms with E-state index in [9.17, 15) is 13.2 Å². The second-order valence-electron chi connectivity index (χ2n) is 6.03. The first-order chi connectivity index (χ1) is 13.9. The lowest BCUT2D eigenvalue weighted by Gasteiger charge is -2.19. The van der Waals surface area contributed by atoms with Crippen LogP contribution in [0.25, 0.3) is 11.4 Å². The average molecular weight is 428 g/mol. The molecule has 0 bridgehead atoms. The van der Waals surface area contributed by atoms with Crippen LogP contribution in [-0.2, 0) is 15.7 Å². The van der Waals surface area contributed by atoms with E-state index < -0.39 is 17.8 Å². The van der Waals surface area contributed by atoms with Crippen molar-refractivity contribution in [3.63, 3.8) is 0 Å². The Morgan fingerprint density at radius 3 is 2.59 bits per heavy atom. The first kappa shape index (κ1) is 19.6. The Kier molecular flexibility index (Phi) is 5.39. The quantitative estimate of drug-likeness (QED) is 0.597. The molecule has 4 rings (SSSR count). The van der Waals surface area contributed by atoms with E-state index in [4.69, 9.17) is 30.3 Å². The molecule has 0 N–H and O–H groups in total. The third kappa shape index (κ3) is 4.50. The first-order valence-electron chi connectivity index (χ1n) is 8.44. The molecule has 3 aromatic rings. The van der Waals surface area contributed by atoms with E-state index in [2.05, 4.69) is 15.1 Å². The van der Waals surface area contributed by atoms with Crippen molar-refractivity contribution in [2.45, 2.75) is 12.3 Å². The molecule has 1 unspecified atom stereocenters. The van der Waals surface area contributed by atoms with Crippen LogP contribution in [-0.4, -0.2) is 34.9 Å². The standard InChI is InChI=1S/C18H13ClF3N3O4/c19-13-7-11(18(20,21)22)8-23-16(13)28-12-3-1-10(2-4-12)15-24-17(29-25-15)14-9-26-5-6-27-14/h1-4,7-8,14H,5-6,9H2. The molecule has 1 aromatic carbocycles. The van der Waals surface area contributed by atoms with E-state index in [0.717, 1.165) is 6.07 Å². The van der Waals surface area contributed by atoms with Gasteiger partial charge < -0.3 is 18.7 Å². The number of ether oxygens (including phenoxy) is 3. The van der Waals surface area contributed by atoms with Crippen LogP contribution in [0.5, 0.6) is 11.6 Å². The predicted molar refractivity (Wildman–Crippen MR) is 93.6 cm³/mol. The van der Waals surface area contributed by atoms with E-state index in [1.165, 1.54) is 0 Å². The van der Waals surface area contributed by atoms with E-state index >= 15 is 0 Å². The lowest BCUT2D eigenvalue weighted by molar-refractivity contribution is -0.137. The molecule has 1 aliphatic heterocycles. The molecule has 7 nitrogen and oxygen atoms in total. The molecule has 1 saturated heterocycles. The van der Waals surface area contributed by atoms with Crippen LogP contribution in [0.4, 0.5) is 13.2 Å². The highest BCUT2D eigenvalue weighted by molar-refractivity contribution is 6.31. The van der Waals surface area contributed by atoms with Crippen LogP contribution in [0, 0.1) is 0 Å². The van der Waals surface area contributed by atoms with Crippen LogP contribution in [0.1, 0.15) is 17.6 Å². The van der Waals surface area contributed by atoms with Gasteiger partial charge in [0.1, 0.15) is 10.8 Å². The van der Waals surface area contributed by atoms with Crippen molar-refractivity contribution in [1.29, 1.82) is 0 Å². The van der Waals surface area contributed by atoms with Crippen molar-refractivity contribution in [1.82, 2.24) is 15.1 Å². The summed E-state index contributed by atoms with van der Waals surface area (Å²) in [6.45, 7) is 1.32. The Balaban J connectivity index is 1.46. The van der Waals surface area contributed by atoms with Crippen molar-refractivity contribution in [3.05, 3.63) is 53.0 Å². The molecule has 0 spiro atoms. The third-order valence-corrected chi connectivity index (χ3v) is 4.27. The Morgan fingerprint density at radius 2 is 1.93 bits per heavy atom. The maximum absolute atomic E-state index is 12.7. The number of hydrogen-bond acceptors (Lipinski definition) is 7. The summed E-state index contributed by atoms with van der Waals surface area (Å²) in [7, 11) is 0. The van der Waals surface area contributed by atoms with E-state index in [0.29, 0.717) is 49.0 Å². The molecular formula is C18H13ClF3N3O4. The summed E-state index contributed by atoms with van der Waals surface area (Å²) in [5, 5.41) is 3.67. The number of aromatic nitrogens is 3. The summed E-state index contributed by atoms with van der Waals surface area (Å²) in [5.41, 5.74) is -0.305. The van der Waals surface area contributed by atoms with E-state index in [-0.39, 0.29) is 10.9 Å². The Hall–Kier alpha value is -2.69. The van der Waals surface area contributed by atoms with Gasteiger partial charge in [-0.15, -0.1) is 0 Å². The molecular weight excluding hydrogens is 415 g/mol. The second kappa shape index (κ2) is 7.97. The summed E-state index contributed by atoms with van der Waals surface area (Å²) in [5.74, 6) is 0.867. The lowest BCUT2D eigenvalue weighted by Crippen LogP contribution is -2.22. The maximum Gasteiger partial charge on any atom is 0.417 e. The largest absolute Gasteiger partial charge is 0.438 e. The van der Waals surface area contributed by atoms with Crippen molar-refractivity contribution >= 4 is 11.6 Å². The van der Waals surface area contributed by atoms with Crippen LogP contribution >= 0.6 is 11.6 Å². The Labute approximate surface area is 167 Å². The van der Waals surface area contributed by atoms with Gasteiger partial charge in [0, 0.05) is 11.8 Å². The monoisotopic (exact) mass is 427 g/mol. The van der Waals surface area contributed by atoms with Gasteiger partial charge >= 0.3 is 6.18 Å². The summed E-state index contributed by atoms with van der Waals surface area (Å²) in [6.07, 6.45) is -4.27. The minimum absolute atomic E-state index is 0.135. The molecule has 0 amide bonds. The highest BCUT2D eigenvalue weighted by atomic mass is 35.5. The SMILES string of the molecule is FC(F)(F)c1cnc(Oc2ccc(-c3noc(C4COCCO4)n3)cc2)c(Cl)c1. The number of benzene rings is 1. The fourth-order valence-corrected chi connectivity index (χ4v) is 2.76. The highest BCUT2D eigenvalue weighted by Crippen LogP contribution is 2.35. The molecule has 1 aliphatic rings. The summed E-state index contributed by atoms with van der Waals surface area (Å²) in [4.78, 5) is 7.94. The number of nitrogens with zero attached hydrogens (tertiary/aromatic N) is 3. The maximum atomic E-state index is 12.7. The molecule has 0 aliphatic carbocycles. The van der Waals surface area contributed by atoms with Gasteiger partial charge in [0.2, 0.25) is 11.7 Å². The Bertz CT molecular complexity index is 989. The molecule has 1 fully saturated rings. The van der Waals surface area contributed by atoms with Gasteiger partial charge in [-0.1, -0.05) is 16.8 Å². The van der Waals surface area contributed by atoms with Crippen molar-refractivity contribution in [2.75, 3.05) is 19.8 Å². The van der Waals surface area contributed by atoms with Gasteiger partial charge in [-0.05, 0) is 30.3 Å².